The van der Waals surface area contributed by atoms with Crippen LogP contribution in [0.4, 0.5) is 4.79 Å². The highest BCUT2D eigenvalue weighted by atomic mass is 32.2. The highest BCUT2D eigenvalue weighted by Gasteiger charge is 2.39. The van der Waals surface area contributed by atoms with Crippen LogP contribution in [0, 0.1) is 5.41 Å². The van der Waals surface area contributed by atoms with Crippen LogP contribution < -0.4 is 0 Å². The summed E-state index contributed by atoms with van der Waals surface area (Å²) < 4.78 is 27.0. The Balaban J connectivity index is 2.75. The first kappa shape index (κ1) is 15.2. The highest BCUT2D eigenvalue weighted by Crippen LogP contribution is 2.31. The smallest absolute Gasteiger partial charge is 0.407 e. The number of rotatable bonds is 3. The fourth-order valence-corrected chi connectivity index (χ4v) is 2.96. The molecule has 0 aromatic heterocycles. The molecule has 1 N–H and O–H groups in total. The van der Waals surface area contributed by atoms with Crippen LogP contribution in [0.3, 0.4) is 0 Å². The maximum Gasteiger partial charge on any atom is 0.407 e. The van der Waals surface area contributed by atoms with Crippen LogP contribution in [-0.4, -0.2) is 49.5 Å². The van der Waals surface area contributed by atoms with Gasteiger partial charge in [-0.25, -0.2) is 4.79 Å². The topological polar surface area (TPSA) is 83.9 Å². The Morgan fingerprint density at radius 1 is 1.44 bits per heavy atom. The van der Waals surface area contributed by atoms with Crippen LogP contribution in [0.15, 0.2) is 0 Å². The van der Waals surface area contributed by atoms with E-state index in [1.807, 2.05) is 20.8 Å². The number of hydrogen-bond donors (Lipinski definition) is 1. The van der Waals surface area contributed by atoms with Gasteiger partial charge in [0.15, 0.2) is 0 Å². The summed E-state index contributed by atoms with van der Waals surface area (Å²) in [6.45, 7) is 6.19. The van der Waals surface area contributed by atoms with Crippen molar-refractivity contribution >= 4 is 16.2 Å². The Morgan fingerprint density at radius 2 is 2.00 bits per heavy atom. The summed E-state index contributed by atoms with van der Waals surface area (Å²) >= 11 is 0. The zero-order valence-electron chi connectivity index (χ0n) is 11.2. The lowest BCUT2D eigenvalue weighted by Gasteiger charge is -2.28. The first-order valence-corrected chi connectivity index (χ1v) is 7.67. The molecule has 1 amide bonds. The highest BCUT2D eigenvalue weighted by molar-refractivity contribution is 7.86. The number of carbonyl (C=O) groups is 1. The lowest BCUT2D eigenvalue weighted by atomic mass is 9.87. The molecule has 18 heavy (non-hydrogen) atoms. The van der Waals surface area contributed by atoms with E-state index in [0.29, 0.717) is 12.8 Å². The monoisotopic (exact) mass is 279 g/mol. The van der Waals surface area contributed by atoms with E-state index in [1.54, 1.807) is 0 Å². The van der Waals surface area contributed by atoms with E-state index in [-0.39, 0.29) is 18.0 Å². The van der Waals surface area contributed by atoms with Crippen molar-refractivity contribution in [2.24, 2.45) is 5.41 Å². The number of amides is 1. The first-order valence-electron chi connectivity index (χ1n) is 5.86. The van der Waals surface area contributed by atoms with Crippen molar-refractivity contribution in [3.05, 3.63) is 0 Å². The van der Waals surface area contributed by atoms with Crippen LogP contribution in [0.1, 0.15) is 33.6 Å². The molecular weight excluding hydrogens is 258 g/mol. The normalized spacial score (nSPS) is 25.4. The van der Waals surface area contributed by atoms with Gasteiger partial charge >= 0.3 is 6.09 Å². The summed E-state index contributed by atoms with van der Waals surface area (Å²) in [5.74, 6) is 0. The van der Waals surface area contributed by atoms with Crippen LogP contribution in [-0.2, 0) is 14.3 Å². The van der Waals surface area contributed by atoms with Crippen molar-refractivity contribution in [2.75, 3.05) is 12.8 Å². The number of carboxylic acid groups (broad SMARTS) is 1. The number of hydrogen-bond acceptors (Lipinski definition) is 4. The molecule has 1 fully saturated rings. The predicted octanol–water partition coefficient (Wildman–Crippen LogP) is 1.52. The Hall–Kier alpha value is -0.820. The second kappa shape index (κ2) is 5.05. The Bertz CT molecular complexity index is 412. The first-order chi connectivity index (χ1) is 7.98. The molecule has 106 valence electrons. The van der Waals surface area contributed by atoms with Crippen molar-refractivity contribution in [1.29, 1.82) is 0 Å². The largest absolute Gasteiger partial charge is 0.465 e. The summed E-state index contributed by atoms with van der Waals surface area (Å²) in [5, 5.41) is 9.12. The van der Waals surface area contributed by atoms with Crippen molar-refractivity contribution in [3.63, 3.8) is 0 Å². The van der Waals surface area contributed by atoms with Crippen LogP contribution in [0.5, 0.6) is 0 Å². The van der Waals surface area contributed by atoms with Gasteiger partial charge in [-0.15, -0.1) is 0 Å². The molecule has 0 aliphatic carbocycles. The average Bonchev–Trinajstić information content (AvgIpc) is 2.40. The van der Waals surface area contributed by atoms with Gasteiger partial charge in [-0.3, -0.25) is 4.18 Å². The third-order valence-electron chi connectivity index (χ3n) is 2.78. The SMILES string of the molecule is CC(C)(C)C[C@@H]1C[C@H](OS(C)(=O)=O)CN1C(=O)O. The van der Waals surface area contributed by atoms with E-state index in [4.69, 9.17) is 9.29 Å². The lowest BCUT2D eigenvalue weighted by molar-refractivity contribution is 0.125. The summed E-state index contributed by atoms with van der Waals surface area (Å²) in [7, 11) is -3.54. The molecule has 2 atom stereocenters. The molecule has 0 bridgehead atoms. The molecule has 0 spiro atoms. The maximum absolute atomic E-state index is 11.1. The molecule has 0 saturated carbocycles. The fourth-order valence-electron chi connectivity index (χ4n) is 2.33. The lowest BCUT2D eigenvalue weighted by Crippen LogP contribution is -2.37. The summed E-state index contributed by atoms with van der Waals surface area (Å²) in [5.41, 5.74) is -0.0155. The second-order valence-electron chi connectivity index (χ2n) is 6.01. The van der Waals surface area contributed by atoms with Crippen LogP contribution >= 0.6 is 0 Å². The summed E-state index contributed by atoms with van der Waals surface area (Å²) in [4.78, 5) is 12.4. The van der Waals surface area contributed by atoms with Crippen molar-refractivity contribution in [2.45, 2.75) is 45.8 Å². The maximum atomic E-state index is 11.1. The molecule has 0 aromatic carbocycles. The minimum atomic E-state index is -3.54. The Morgan fingerprint density at radius 3 is 2.39 bits per heavy atom. The molecule has 0 aromatic rings. The van der Waals surface area contributed by atoms with Gasteiger partial charge in [-0.2, -0.15) is 8.42 Å². The minimum absolute atomic E-state index is 0.0155. The second-order valence-corrected chi connectivity index (χ2v) is 7.61. The molecule has 0 unspecified atom stereocenters. The van der Waals surface area contributed by atoms with E-state index in [1.165, 1.54) is 4.90 Å². The van der Waals surface area contributed by atoms with Crippen LogP contribution in [0.25, 0.3) is 0 Å². The molecule has 1 rings (SSSR count). The molecule has 7 heteroatoms. The van der Waals surface area contributed by atoms with Crippen LogP contribution in [0.2, 0.25) is 0 Å². The van der Waals surface area contributed by atoms with Gasteiger partial charge in [-0.05, 0) is 18.3 Å². The zero-order chi connectivity index (χ0) is 14.1. The Labute approximate surface area is 108 Å². The van der Waals surface area contributed by atoms with Gasteiger partial charge in [0.2, 0.25) is 0 Å². The van der Waals surface area contributed by atoms with Gasteiger partial charge in [-0.1, -0.05) is 20.8 Å². The van der Waals surface area contributed by atoms with E-state index in [0.717, 1.165) is 6.26 Å². The van der Waals surface area contributed by atoms with Gasteiger partial charge in [0, 0.05) is 6.04 Å². The molecule has 1 heterocycles. The summed E-state index contributed by atoms with van der Waals surface area (Å²) in [6.07, 6.45) is 0.502. The third-order valence-corrected chi connectivity index (χ3v) is 3.40. The van der Waals surface area contributed by atoms with Gasteiger partial charge in [0.25, 0.3) is 10.1 Å². The summed E-state index contributed by atoms with van der Waals surface area (Å²) in [6, 6.07) is -0.186. The quantitative estimate of drug-likeness (QED) is 0.792. The van der Waals surface area contributed by atoms with E-state index in [2.05, 4.69) is 0 Å². The molecule has 1 aliphatic rings. The Kier molecular flexibility index (Phi) is 4.27. The minimum Gasteiger partial charge on any atom is -0.465 e. The van der Waals surface area contributed by atoms with Crippen molar-refractivity contribution < 1.29 is 22.5 Å². The standard InChI is InChI=1S/C11H21NO5S/c1-11(2,3)6-8-5-9(17-18(4,15)16)7-12(8)10(13)14/h8-9H,5-7H2,1-4H3,(H,13,14)/t8-,9-/m0/s1. The van der Waals surface area contributed by atoms with Gasteiger partial charge in [0.1, 0.15) is 0 Å². The van der Waals surface area contributed by atoms with Gasteiger partial charge < -0.3 is 10.0 Å². The van der Waals surface area contributed by atoms with E-state index in [9.17, 15) is 13.2 Å². The molecule has 1 saturated heterocycles. The van der Waals surface area contributed by atoms with E-state index >= 15 is 0 Å². The third kappa shape index (κ3) is 4.81. The fraction of sp³-hybridized carbons (Fsp3) is 0.909. The van der Waals surface area contributed by atoms with Crippen molar-refractivity contribution in [1.82, 2.24) is 4.90 Å². The molecule has 0 radical (unpaired) electrons. The number of likely N-dealkylation sites (tertiary alicyclic amines) is 1. The predicted molar refractivity (Wildman–Crippen MR) is 66.9 cm³/mol. The molecular formula is C11H21NO5S. The van der Waals surface area contributed by atoms with Gasteiger partial charge in [0.05, 0.1) is 18.9 Å². The molecule has 6 nitrogen and oxygen atoms in total. The zero-order valence-corrected chi connectivity index (χ0v) is 12.0. The molecule has 1 aliphatic heterocycles. The number of nitrogens with zero attached hydrogens (tertiary/aromatic N) is 1. The average molecular weight is 279 g/mol. The van der Waals surface area contributed by atoms with E-state index < -0.39 is 22.3 Å². The van der Waals surface area contributed by atoms with Crippen molar-refractivity contribution in [3.8, 4) is 0 Å².